The van der Waals surface area contributed by atoms with E-state index in [1.165, 1.54) is 18.6 Å². The van der Waals surface area contributed by atoms with Gasteiger partial charge in [0.25, 0.3) is 0 Å². The molecule has 0 aliphatic heterocycles. The van der Waals surface area contributed by atoms with Crippen LogP contribution < -0.4 is 12.4 Å². The van der Waals surface area contributed by atoms with Crippen molar-refractivity contribution in [3.63, 3.8) is 0 Å². The largest absolute Gasteiger partial charge is 1.00 e. The highest BCUT2D eigenvalue weighted by atomic mass is 35.5. The molecule has 0 radical (unpaired) electrons. The van der Waals surface area contributed by atoms with Crippen molar-refractivity contribution in [2.24, 2.45) is 0 Å². The topological polar surface area (TPSA) is 0 Å². The first-order chi connectivity index (χ1) is 7.33. The van der Waals surface area contributed by atoms with E-state index in [1.54, 1.807) is 9.75 Å². The molecule has 0 atom stereocenters. The van der Waals surface area contributed by atoms with Crippen LogP contribution in [0.15, 0.2) is 36.4 Å². The molecule has 90 valence electrons. The Morgan fingerprint density at radius 3 is 1.56 bits per heavy atom. The molecule has 1 aromatic heterocycles. The highest BCUT2D eigenvalue weighted by Crippen LogP contribution is 2.28. The Balaban J connectivity index is 0.00000225. The Hall–Kier alpha value is -0.530. The Morgan fingerprint density at radius 1 is 0.812 bits per heavy atom. The van der Waals surface area contributed by atoms with E-state index in [0.29, 0.717) is 10.5 Å². The van der Waals surface area contributed by atoms with E-state index in [-0.39, 0.29) is 12.4 Å². The highest BCUT2D eigenvalue weighted by molar-refractivity contribution is 7.30. The quantitative estimate of drug-likeness (QED) is 0.723. The van der Waals surface area contributed by atoms with Gasteiger partial charge in [0, 0.05) is 12.8 Å². The second kappa shape index (κ2) is 8.60. The van der Waals surface area contributed by atoms with Gasteiger partial charge in [-0.25, -0.2) is 0 Å². The molecule has 0 fully saturated rings. The summed E-state index contributed by atoms with van der Waals surface area (Å²) in [5.41, 5.74) is 0. The third-order valence-corrected chi connectivity index (χ3v) is 5.21. The van der Waals surface area contributed by atoms with Crippen molar-refractivity contribution in [3.05, 3.63) is 46.2 Å². The van der Waals surface area contributed by atoms with E-state index >= 15 is 0 Å². The fourth-order valence-corrected chi connectivity index (χ4v) is 4.00. The Bertz CT molecular complexity index is 322. The fraction of sp³-hybridized carbons (Fsp3) is 0.429. The molecule has 0 aliphatic rings. The smallest absolute Gasteiger partial charge is 0.150 e. The maximum absolute atomic E-state index is 2.30. The molecular weight excluding hydrogens is 236 g/mol. The molecule has 1 aromatic rings. The van der Waals surface area contributed by atoms with Crippen molar-refractivity contribution < 1.29 is 12.4 Å². The van der Waals surface area contributed by atoms with Crippen molar-refractivity contribution >= 4 is 10.5 Å². The summed E-state index contributed by atoms with van der Waals surface area (Å²) in [7, 11) is 0.353. The first-order valence-corrected chi connectivity index (χ1v) is 7.16. The molecule has 0 spiro atoms. The number of hydrogen-bond donors (Lipinski definition) is 0. The van der Waals surface area contributed by atoms with Gasteiger partial charge in [0.2, 0.25) is 0 Å². The van der Waals surface area contributed by atoms with E-state index in [2.05, 4.69) is 57.2 Å². The molecule has 0 N–H and O–H groups in total. The van der Waals surface area contributed by atoms with Crippen molar-refractivity contribution in [1.82, 2.24) is 0 Å². The zero-order valence-electron chi connectivity index (χ0n) is 10.4. The van der Waals surface area contributed by atoms with Crippen LogP contribution in [0.4, 0.5) is 0 Å². The molecule has 2 heteroatoms. The van der Waals surface area contributed by atoms with Crippen molar-refractivity contribution in [3.8, 4) is 0 Å². The minimum Gasteiger partial charge on any atom is -1.00 e. The molecule has 0 aliphatic carbocycles. The maximum atomic E-state index is 2.30. The van der Waals surface area contributed by atoms with Gasteiger partial charge in [0.15, 0.2) is 0 Å². The second-order valence-corrected chi connectivity index (χ2v) is 5.83. The van der Waals surface area contributed by atoms with E-state index in [9.17, 15) is 0 Å². The first kappa shape index (κ1) is 15.5. The van der Waals surface area contributed by atoms with Gasteiger partial charge in [0.1, 0.15) is 15.5 Å². The fourth-order valence-electron chi connectivity index (χ4n) is 1.74. The summed E-state index contributed by atoms with van der Waals surface area (Å²) in [5.74, 6) is 1.24. The molecule has 0 bridgehead atoms. The van der Waals surface area contributed by atoms with Crippen LogP contribution in [0.5, 0.6) is 0 Å². The lowest BCUT2D eigenvalue weighted by Crippen LogP contribution is -3.00. The van der Waals surface area contributed by atoms with Crippen LogP contribution in [0.25, 0.3) is 0 Å². The zero-order valence-corrected chi connectivity index (χ0v) is 11.9. The molecular formula is C14H21ClS. The summed E-state index contributed by atoms with van der Waals surface area (Å²) < 4.78 is 0. The maximum Gasteiger partial charge on any atom is 0.150 e. The Kier molecular flexibility index (Phi) is 8.32. The summed E-state index contributed by atoms with van der Waals surface area (Å²) in [6.07, 6.45) is 2.33. The van der Waals surface area contributed by atoms with Crippen molar-refractivity contribution in [1.29, 1.82) is 0 Å². The summed E-state index contributed by atoms with van der Waals surface area (Å²) in [5, 5.41) is 0. The van der Waals surface area contributed by atoms with Crippen LogP contribution in [0, 0.1) is 0 Å². The molecule has 16 heavy (non-hydrogen) atoms. The van der Waals surface area contributed by atoms with Crippen LogP contribution >= 0.6 is 10.5 Å². The molecule has 0 aromatic carbocycles. The van der Waals surface area contributed by atoms with E-state index in [1.807, 2.05) is 0 Å². The third kappa shape index (κ3) is 4.15. The number of halogens is 1. The average molecular weight is 257 g/mol. The van der Waals surface area contributed by atoms with Crippen molar-refractivity contribution in [2.75, 3.05) is 0 Å². The predicted octanol–water partition coefficient (Wildman–Crippen LogP) is 1.71. The van der Waals surface area contributed by atoms with Crippen molar-refractivity contribution in [2.45, 2.75) is 39.4 Å². The van der Waals surface area contributed by atoms with Gasteiger partial charge < -0.3 is 12.4 Å². The summed E-state index contributed by atoms with van der Waals surface area (Å²) >= 11 is 0. The van der Waals surface area contributed by atoms with Gasteiger partial charge in [-0.15, -0.1) is 0 Å². The minimum absolute atomic E-state index is 0. The third-order valence-electron chi connectivity index (χ3n) is 2.52. The lowest BCUT2D eigenvalue weighted by molar-refractivity contribution is -0.00000321. The molecule has 1 heterocycles. The van der Waals surface area contributed by atoms with E-state index in [0.717, 1.165) is 0 Å². The summed E-state index contributed by atoms with van der Waals surface area (Å²) in [6, 6.07) is 13.1. The van der Waals surface area contributed by atoms with Crippen LogP contribution in [-0.2, 0) is 18.6 Å². The lowest BCUT2D eigenvalue weighted by atomic mass is 10.3. The molecule has 0 unspecified atom stereocenters. The monoisotopic (exact) mass is 256 g/mol. The van der Waals surface area contributed by atoms with Gasteiger partial charge in [-0.3, -0.25) is 0 Å². The minimum atomic E-state index is 0. The van der Waals surface area contributed by atoms with Gasteiger partial charge in [-0.1, -0.05) is 38.1 Å². The summed E-state index contributed by atoms with van der Waals surface area (Å²) in [4.78, 5) is 3.18. The van der Waals surface area contributed by atoms with Gasteiger partial charge in [-0.2, -0.15) is 0 Å². The number of rotatable bonds is 3. The molecule has 0 saturated heterocycles. The lowest BCUT2D eigenvalue weighted by Gasteiger charge is -1.97. The Labute approximate surface area is 108 Å². The predicted molar refractivity (Wildman–Crippen MR) is 71.0 cm³/mol. The SMILES string of the molecule is CCc1ccccccc(CC)[s+]1CC.[Cl-]. The standard InChI is InChI=1S/C14H21S.ClH/c1-4-13-11-9-7-8-10-12-14(5-2)15(13)6-3;/h7-12H,4-6H2,1-3H3;1H/q+1;/p-1. The van der Waals surface area contributed by atoms with E-state index in [4.69, 9.17) is 0 Å². The average Bonchev–Trinajstić information content (AvgIpc) is 2.37. The van der Waals surface area contributed by atoms with Crippen LogP contribution in [-0.4, -0.2) is 0 Å². The molecule has 1 rings (SSSR count). The van der Waals surface area contributed by atoms with Gasteiger partial charge >= 0.3 is 0 Å². The normalized spacial score (nSPS) is 9.19. The first-order valence-electron chi connectivity index (χ1n) is 5.77. The van der Waals surface area contributed by atoms with Gasteiger partial charge in [0.05, 0.1) is 0 Å². The zero-order chi connectivity index (χ0) is 11.1. The molecule has 0 saturated carbocycles. The van der Waals surface area contributed by atoms with E-state index < -0.39 is 0 Å². The number of aryl methyl sites for hydroxylation is 2. The van der Waals surface area contributed by atoms with Crippen LogP contribution in [0.3, 0.4) is 0 Å². The van der Waals surface area contributed by atoms with Crippen LogP contribution in [0.2, 0.25) is 0 Å². The molecule has 0 amide bonds. The summed E-state index contributed by atoms with van der Waals surface area (Å²) in [6.45, 7) is 6.81. The highest BCUT2D eigenvalue weighted by Gasteiger charge is 2.10. The second-order valence-electron chi connectivity index (χ2n) is 3.42. The van der Waals surface area contributed by atoms with Gasteiger partial charge in [-0.05, 0) is 29.5 Å². The Morgan fingerprint density at radius 2 is 1.25 bits per heavy atom. The van der Waals surface area contributed by atoms with Crippen LogP contribution in [0.1, 0.15) is 30.5 Å². The molecule has 0 nitrogen and oxygen atoms in total. The number of hydrogen-bond acceptors (Lipinski definition) is 0.